The Morgan fingerprint density at radius 2 is 1.84 bits per heavy atom. The van der Waals surface area contributed by atoms with E-state index in [1.807, 2.05) is 30.3 Å². The average Bonchev–Trinajstić information content (AvgIpc) is 2.58. The van der Waals surface area contributed by atoms with Crippen LogP contribution in [0.25, 0.3) is 0 Å². The first-order valence-electron chi connectivity index (χ1n) is 7.46. The predicted octanol–water partition coefficient (Wildman–Crippen LogP) is 2.21. The molecule has 0 amide bonds. The number of aliphatic hydroxyl groups is 1. The minimum Gasteiger partial charge on any atom is -0.512 e. The van der Waals surface area contributed by atoms with E-state index in [1.54, 1.807) is 19.0 Å². The van der Waals surface area contributed by atoms with E-state index in [0.717, 1.165) is 11.8 Å². The van der Waals surface area contributed by atoms with Crippen molar-refractivity contribution in [1.29, 1.82) is 0 Å². The highest BCUT2D eigenvalue weighted by molar-refractivity contribution is 6.10. The number of hydrogen-bond acceptors (Lipinski definition) is 7. The van der Waals surface area contributed by atoms with Crippen molar-refractivity contribution in [2.75, 3.05) is 21.2 Å². The third-order valence-corrected chi connectivity index (χ3v) is 2.93. The molecule has 7 heteroatoms. The van der Waals surface area contributed by atoms with Gasteiger partial charge in [0.2, 0.25) is 0 Å². The van der Waals surface area contributed by atoms with Gasteiger partial charge in [-0.2, -0.15) is 0 Å². The molecule has 0 unspecified atom stereocenters. The molecule has 25 heavy (non-hydrogen) atoms. The normalized spacial score (nSPS) is 12.6. The van der Waals surface area contributed by atoms with Gasteiger partial charge in [-0.1, -0.05) is 30.3 Å². The molecule has 1 aromatic rings. The number of aliphatic imine (C=N–C) groups is 1. The van der Waals surface area contributed by atoms with Crippen LogP contribution >= 0.6 is 0 Å². The number of aliphatic hydroxyl groups excluding tert-OH is 1. The first-order valence-corrected chi connectivity index (χ1v) is 7.46. The van der Waals surface area contributed by atoms with Gasteiger partial charge in [0, 0.05) is 26.5 Å². The van der Waals surface area contributed by atoms with Gasteiger partial charge in [0.1, 0.15) is 17.9 Å². The molecule has 1 N–H and O–H groups in total. The Morgan fingerprint density at radius 3 is 2.36 bits per heavy atom. The van der Waals surface area contributed by atoms with Crippen LogP contribution in [0.1, 0.15) is 12.5 Å². The number of carbonyl (C=O) groups excluding carboxylic acids is 2. The largest absolute Gasteiger partial charge is 0.512 e. The van der Waals surface area contributed by atoms with E-state index in [1.165, 1.54) is 20.2 Å². The van der Waals surface area contributed by atoms with Crippen LogP contribution in [-0.4, -0.2) is 49.4 Å². The topological polar surface area (TPSA) is 88.4 Å². The summed E-state index contributed by atoms with van der Waals surface area (Å²) in [6, 6.07) is 9.13. The minimum absolute atomic E-state index is 0.0258. The van der Waals surface area contributed by atoms with Gasteiger partial charge in [-0.25, -0.2) is 14.6 Å². The minimum atomic E-state index is -0.748. The maximum Gasteiger partial charge on any atom is 0.358 e. The molecule has 0 aliphatic rings. The molecule has 0 aliphatic heterocycles. The van der Waals surface area contributed by atoms with Crippen LogP contribution in [0.2, 0.25) is 0 Å². The molecule has 0 saturated carbocycles. The van der Waals surface area contributed by atoms with E-state index in [-0.39, 0.29) is 23.6 Å². The lowest BCUT2D eigenvalue weighted by molar-refractivity contribution is -0.140. The number of rotatable bonds is 7. The van der Waals surface area contributed by atoms with Gasteiger partial charge in [-0.3, -0.25) is 0 Å². The summed E-state index contributed by atoms with van der Waals surface area (Å²) in [5.74, 6) is -1.69. The SMILES string of the molecule is COC(=O)C(=C/N(C)C)/N=C/C(C(=O)OCc1ccccc1)=C(/C)O. The van der Waals surface area contributed by atoms with Crippen LogP contribution in [0.4, 0.5) is 0 Å². The second-order valence-corrected chi connectivity index (χ2v) is 5.29. The number of benzene rings is 1. The highest BCUT2D eigenvalue weighted by Gasteiger charge is 2.15. The van der Waals surface area contributed by atoms with Gasteiger partial charge < -0.3 is 19.5 Å². The maximum atomic E-state index is 12.2. The zero-order chi connectivity index (χ0) is 18.8. The molecule has 0 radical (unpaired) electrons. The van der Waals surface area contributed by atoms with E-state index >= 15 is 0 Å². The van der Waals surface area contributed by atoms with Crippen LogP contribution in [-0.2, 0) is 25.7 Å². The summed E-state index contributed by atoms with van der Waals surface area (Å²) in [5, 5.41) is 9.71. The summed E-state index contributed by atoms with van der Waals surface area (Å²) in [4.78, 5) is 29.4. The Morgan fingerprint density at radius 1 is 1.20 bits per heavy atom. The first kappa shape index (κ1) is 20.0. The van der Waals surface area contributed by atoms with Crippen LogP contribution in [0.3, 0.4) is 0 Å². The molecular weight excluding hydrogens is 324 g/mol. The van der Waals surface area contributed by atoms with E-state index in [4.69, 9.17) is 4.74 Å². The number of carbonyl (C=O) groups is 2. The zero-order valence-corrected chi connectivity index (χ0v) is 14.7. The molecular formula is C18H22N2O5. The molecule has 0 spiro atoms. The number of hydrogen-bond donors (Lipinski definition) is 1. The number of nitrogens with zero attached hydrogens (tertiary/aromatic N) is 2. The molecule has 0 bridgehead atoms. The molecule has 0 aromatic heterocycles. The summed E-state index contributed by atoms with van der Waals surface area (Å²) in [7, 11) is 4.64. The summed E-state index contributed by atoms with van der Waals surface area (Å²) in [5.41, 5.74) is 0.636. The van der Waals surface area contributed by atoms with Crippen LogP contribution in [0, 0.1) is 0 Å². The molecule has 134 valence electrons. The molecule has 1 rings (SSSR count). The van der Waals surface area contributed by atoms with Gasteiger partial charge in [-0.15, -0.1) is 0 Å². The van der Waals surface area contributed by atoms with E-state index < -0.39 is 11.9 Å². The molecule has 0 saturated heterocycles. The first-order chi connectivity index (χ1) is 11.8. The molecule has 0 fully saturated rings. The number of ether oxygens (including phenoxy) is 2. The van der Waals surface area contributed by atoms with Crippen molar-refractivity contribution in [3.05, 3.63) is 59.1 Å². The van der Waals surface area contributed by atoms with E-state index in [2.05, 4.69) is 9.73 Å². The molecule has 0 heterocycles. The van der Waals surface area contributed by atoms with E-state index in [9.17, 15) is 14.7 Å². The maximum absolute atomic E-state index is 12.2. The molecule has 7 nitrogen and oxygen atoms in total. The third-order valence-electron chi connectivity index (χ3n) is 2.93. The fourth-order valence-electron chi connectivity index (χ4n) is 1.72. The van der Waals surface area contributed by atoms with E-state index in [0.29, 0.717) is 0 Å². The second-order valence-electron chi connectivity index (χ2n) is 5.29. The Labute approximate surface area is 146 Å². The smallest absolute Gasteiger partial charge is 0.358 e. The molecule has 0 aliphatic carbocycles. The lowest BCUT2D eigenvalue weighted by Crippen LogP contribution is -2.13. The van der Waals surface area contributed by atoms with Gasteiger partial charge in [0.25, 0.3) is 0 Å². The predicted molar refractivity (Wildman–Crippen MR) is 93.8 cm³/mol. The lowest BCUT2D eigenvalue weighted by atomic mass is 10.2. The van der Waals surface area contributed by atoms with Crippen molar-refractivity contribution >= 4 is 18.2 Å². The number of allylic oxidation sites excluding steroid dienone is 1. The highest BCUT2D eigenvalue weighted by Crippen LogP contribution is 2.08. The van der Waals surface area contributed by atoms with Gasteiger partial charge in [0.15, 0.2) is 5.70 Å². The van der Waals surface area contributed by atoms with Gasteiger partial charge in [-0.05, 0) is 12.5 Å². The van der Waals surface area contributed by atoms with Gasteiger partial charge >= 0.3 is 11.9 Å². The fourth-order valence-corrected chi connectivity index (χ4v) is 1.72. The van der Waals surface area contributed by atoms with Crippen LogP contribution in [0.5, 0.6) is 0 Å². The molecule has 0 atom stereocenters. The van der Waals surface area contributed by atoms with Crippen molar-refractivity contribution in [2.24, 2.45) is 4.99 Å². The zero-order valence-electron chi connectivity index (χ0n) is 14.7. The summed E-state index contributed by atoms with van der Waals surface area (Å²) >= 11 is 0. The van der Waals surface area contributed by atoms with Crippen LogP contribution < -0.4 is 0 Å². The summed E-state index contributed by atoms with van der Waals surface area (Å²) in [6.45, 7) is 1.39. The lowest BCUT2D eigenvalue weighted by Gasteiger charge is -2.08. The van der Waals surface area contributed by atoms with Gasteiger partial charge in [0.05, 0.1) is 7.11 Å². The highest BCUT2D eigenvalue weighted by atomic mass is 16.5. The standard InChI is InChI=1S/C18H22N2O5/c1-13(21)15(10-19-16(11-20(2)3)18(23)24-4)17(22)25-12-14-8-6-5-7-9-14/h5-11,21H,12H2,1-4H3/b15-13+,16-11-,19-10+. The van der Waals surface area contributed by atoms with Crippen molar-refractivity contribution < 1.29 is 24.2 Å². The van der Waals surface area contributed by atoms with Crippen molar-refractivity contribution in [3.63, 3.8) is 0 Å². The number of esters is 2. The second kappa shape index (κ2) is 9.92. The quantitative estimate of drug-likeness (QED) is 0.352. The van der Waals surface area contributed by atoms with Crippen LogP contribution in [0.15, 0.2) is 58.6 Å². The number of methoxy groups -OCH3 is 1. The Kier molecular flexibility index (Phi) is 7.92. The van der Waals surface area contributed by atoms with Crippen molar-refractivity contribution in [2.45, 2.75) is 13.5 Å². The summed E-state index contributed by atoms with van der Waals surface area (Å²) in [6.07, 6.45) is 2.51. The summed E-state index contributed by atoms with van der Waals surface area (Å²) < 4.78 is 9.79. The monoisotopic (exact) mass is 346 g/mol. The average molecular weight is 346 g/mol. The fraction of sp³-hybridized carbons (Fsp3) is 0.278. The van der Waals surface area contributed by atoms with Crippen molar-refractivity contribution in [3.8, 4) is 0 Å². The Balaban J connectivity index is 2.90. The molecule has 1 aromatic carbocycles. The third kappa shape index (κ3) is 6.90. The Hall–Kier alpha value is -3.09. The van der Waals surface area contributed by atoms with Crippen molar-refractivity contribution in [1.82, 2.24) is 4.90 Å². The Bertz CT molecular complexity index is 687.